The third-order valence-corrected chi connectivity index (χ3v) is 6.26. The minimum absolute atomic E-state index is 0.0929. The number of hydrogen-bond donors (Lipinski definition) is 0. The smallest absolute Gasteiger partial charge is 0.265 e. The van der Waals surface area contributed by atoms with Crippen LogP contribution in [-0.4, -0.2) is 42.0 Å². The van der Waals surface area contributed by atoms with Gasteiger partial charge in [-0.25, -0.2) is 4.98 Å². The molecule has 1 aromatic heterocycles. The van der Waals surface area contributed by atoms with Crippen molar-refractivity contribution in [2.75, 3.05) is 31.1 Å². The molecule has 138 valence electrons. The van der Waals surface area contributed by atoms with Crippen LogP contribution in [0, 0.1) is 13.8 Å². The molecular weight excluding hydrogens is 354 g/mol. The first-order valence-corrected chi connectivity index (χ1v) is 10.1. The van der Waals surface area contributed by atoms with E-state index >= 15 is 0 Å². The number of benzene rings is 2. The predicted octanol–water partition coefficient (Wildman–Crippen LogP) is 4.39. The normalized spacial score (nSPS) is 14.4. The second-order valence-electron chi connectivity index (χ2n) is 6.89. The third-order valence-electron chi connectivity index (χ3n) is 5.22. The molecule has 0 unspecified atom stereocenters. The zero-order valence-corrected chi connectivity index (χ0v) is 16.5. The fourth-order valence-corrected chi connectivity index (χ4v) is 4.36. The van der Waals surface area contributed by atoms with Crippen molar-refractivity contribution in [3.63, 3.8) is 0 Å². The van der Waals surface area contributed by atoms with Gasteiger partial charge in [0, 0.05) is 37.4 Å². The fourth-order valence-electron chi connectivity index (χ4n) is 3.47. The van der Waals surface area contributed by atoms with Gasteiger partial charge in [0.05, 0.1) is 6.20 Å². The van der Waals surface area contributed by atoms with E-state index in [-0.39, 0.29) is 5.91 Å². The Morgan fingerprint density at radius 2 is 1.70 bits per heavy atom. The van der Waals surface area contributed by atoms with Gasteiger partial charge in [0.1, 0.15) is 9.88 Å². The Labute approximate surface area is 164 Å². The highest BCUT2D eigenvalue weighted by Crippen LogP contribution is 2.27. The highest BCUT2D eigenvalue weighted by atomic mass is 32.1. The van der Waals surface area contributed by atoms with Gasteiger partial charge in [-0.15, -0.1) is 11.3 Å². The van der Waals surface area contributed by atoms with Crippen molar-refractivity contribution in [2.45, 2.75) is 13.8 Å². The number of hydrogen-bond acceptors (Lipinski definition) is 4. The number of anilines is 1. The summed E-state index contributed by atoms with van der Waals surface area (Å²) in [5, 5.41) is 0.896. The van der Waals surface area contributed by atoms with Crippen LogP contribution < -0.4 is 4.90 Å². The number of rotatable bonds is 3. The van der Waals surface area contributed by atoms with E-state index in [1.165, 1.54) is 28.2 Å². The zero-order chi connectivity index (χ0) is 18.8. The van der Waals surface area contributed by atoms with E-state index < -0.39 is 0 Å². The van der Waals surface area contributed by atoms with Crippen LogP contribution in [0.2, 0.25) is 0 Å². The molecular formula is C22H23N3OS. The van der Waals surface area contributed by atoms with Gasteiger partial charge in [-0.1, -0.05) is 42.5 Å². The predicted molar refractivity (Wildman–Crippen MR) is 112 cm³/mol. The van der Waals surface area contributed by atoms with Crippen molar-refractivity contribution in [2.24, 2.45) is 0 Å². The van der Waals surface area contributed by atoms with Crippen LogP contribution in [0.5, 0.6) is 0 Å². The van der Waals surface area contributed by atoms with E-state index in [9.17, 15) is 4.79 Å². The summed E-state index contributed by atoms with van der Waals surface area (Å²) in [7, 11) is 0. The molecule has 27 heavy (non-hydrogen) atoms. The van der Waals surface area contributed by atoms with Crippen LogP contribution in [0.15, 0.2) is 54.7 Å². The first kappa shape index (κ1) is 17.7. The van der Waals surface area contributed by atoms with Gasteiger partial charge in [-0.05, 0) is 31.0 Å². The van der Waals surface area contributed by atoms with Gasteiger partial charge in [0.2, 0.25) is 0 Å². The number of amides is 1. The lowest BCUT2D eigenvalue weighted by molar-refractivity contribution is 0.0751. The Hall–Kier alpha value is -2.66. The molecule has 1 aliphatic heterocycles. The second kappa shape index (κ2) is 7.53. The molecule has 4 nitrogen and oxygen atoms in total. The number of aryl methyl sites for hydroxylation is 1. The first-order valence-electron chi connectivity index (χ1n) is 9.25. The maximum Gasteiger partial charge on any atom is 0.265 e. The molecule has 0 spiro atoms. The number of piperazine rings is 1. The minimum atomic E-state index is 0.0929. The van der Waals surface area contributed by atoms with Gasteiger partial charge < -0.3 is 9.80 Å². The molecule has 0 atom stereocenters. The van der Waals surface area contributed by atoms with Crippen molar-refractivity contribution in [1.82, 2.24) is 9.88 Å². The summed E-state index contributed by atoms with van der Waals surface area (Å²) in [5.41, 5.74) is 4.98. The van der Waals surface area contributed by atoms with Gasteiger partial charge in [0.25, 0.3) is 5.91 Å². The van der Waals surface area contributed by atoms with E-state index in [4.69, 9.17) is 0 Å². The summed E-state index contributed by atoms with van der Waals surface area (Å²) in [4.78, 5) is 22.4. The Balaban J connectivity index is 1.43. The first-order chi connectivity index (χ1) is 13.1. The van der Waals surface area contributed by atoms with Gasteiger partial charge >= 0.3 is 0 Å². The number of carbonyl (C=O) groups excluding carboxylic acids is 1. The molecule has 2 heterocycles. The average molecular weight is 378 g/mol. The van der Waals surface area contributed by atoms with Crippen LogP contribution in [0.3, 0.4) is 0 Å². The number of nitrogens with zero attached hydrogens (tertiary/aromatic N) is 3. The summed E-state index contributed by atoms with van der Waals surface area (Å²) in [6.45, 7) is 7.52. The summed E-state index contributed by atoms with van der Waals surface area (Å²) in [6.07, 6.45) is 1.71. The monoisotopic (exact) mass is 377 g/mol. The van der Waals surface area contributed by atoms with E-state index in [0.717, 1.165) is 36.8 Å². The maximum absolute atomic E-state index is 12.9. The molecule has 3 aromatic rings. The SMILES string of the molecule is Cc1cccc(N2CCN(C(=O)c3cnc(-c4ccccc4)s3)CC2)c1C. The molecule has 0 aliphatic carbocycles. The molecule has 5 heteroatoms. The van der Waals surface area contributed by atoms with Gasteiger partial charge in [0.15, 0.2) is 0 Å². The largest absolute Gasteiger partial charge is 0.368 e. The number of aromatic nitrogens is 1. The molecule has 2 aromatic carbocycles. The molecule has 0 N–H and O–H groups in total. The minimum Gasteiger partial charge on any atom is -0.368 e. The van der Waals surface area contributed by atoms with Crippen LogP contribution in [-0.2, 0) is 0 Å². The Morgan fingerprint density at radius 1 is 0.963 bits per heavy atom. The quantitative estimate of drug-likeness (QED) is 0.679. The van der Waals surface area contributed by atoms with Gasteiger partial charge in [-0.3, -0.25) is 4.79 Å². The standard InChI is InChI=1S/C22H23N3OS/c1-16-7-6-10-19(17(16)2)24-11-13-25(14-12-24)22(26)20-15-23-21(27-20)18-8-4-3-5-9-18/h3-10,15H,11-14H2,1-2H3. The van der Waals surface area contributed by atoms with Crippen molar-refractivity contribution in [3.05, 3.63) is 70.7 Å². The van der Waals surface area contributed by atoms with Crippen molar-refractivity contribution < 1.29 is 4.79 Å². The average Bonchev–Trinajstić information content (AvgIpc) is 3.21. The highest BCUT2D eigenvalue weighted by Gasteiger charge is 2.24. The molecule has 0 radical (unpaired) electrons. The Kier molecular flexibility index (Phi) is 4.94. The second-order valence-corrected chi connectivity index (χ2v) is 7.92. The Morgan fingerprint density at radius 3 is 2.44 bits per heavy atom. The molecule has 0 bridgehead atoms. The van der Waals surface area contributed by atoms with Crippen molar-refractivity contribution in [1.29, 1.82) is 0 Å². The topological polar surface area (TPSA) is 36.4 Å². The summed E-state index contributed by atoms with van der Waals surface area (Å²) in [6, 6.07) is 16.4. The molecule has 0 saturated carbocycles. The molecule has 1 aliphatic rings. The van der Waals surface area contributed by atoms with Crippen LogP contribution in [0.1, 0.15) is 20.8 Å². The summed E-state index contributed by atoms with van der Waals surface area (Å²) < 4.78 is 0. The van der Waals surface area contributed by atoms with Gasteiger partial charge in [-0.2, -0.15) is 0 Å². The highest BCUT2D eigenvalue weighted by molar-refractivity contribution is 7.16. The van der Waals surface area contributed by atoms with Crippen LogP contribution in [0.25, 0.3) is 10.6 Å². The van der Waals surface area contributed by atoms with E-state index in [0.29, 0.717) is 4.88 Å². The maximum atomic E-state index is 12.9. The van der Waals surface area contributed by atoms with Crippen molar-refractivity contribution >= 4 is 22.9 Å². The van der Waals surface area contributed by atoms with Crippen molar-refractivity contribution in [3.8, 4) is 10.6 Å². The van der Waals surface area contributed by atoms with Crippen LogP contribution >= 0.6 is 11.3 Å². The zero-order valence-electron chi connectivity index (χ0n) is 15.7. The summed E-state index contributed by atoms with van der Waals surface area (Å²) >= 11 is 1.47. The molecule has 1 fully saturated rings. The lowest BCUT2D eigenvalue weighted by Gasteiger charge is -2.36. The lowest BCUT2D eigenvalue weighted by atomic mass is 10.1. The van der Waals surface area contributed by atoms with E-state index in [1.54, 1.807) is 6.20 Å². The number of carbonyl (C=O) groups is 1. The van der Waals surface area contributed by atoms with E-state index in [2.05, 4.69) is 41.9 Å². The van der Waals surface area contributed by atoms with Crippen LogP contribution in [0.4, 0.5) is 5.69 Å². The number of thiazole rings is 1. The molecule has 4 rings (SSSR count). The van der Waals surface area contributed by atoms with E-state index in [1.807, 2.05) is 35.2 Å². The third kappa shape index (κ3) is 3.60. The lowest BCUT2D eigenvalue weighted by Crippen LogP contribution is -2.48. The summed E-state index contributed by atoms with van der Waals surface area (Å²) in [5.74, 6) is 0.0929. The fraction of sp³-hybridized carbons (Fsp3) is 0.273. The molecule has 1 amide bonds. The Bertz CT molecular complexity index is 943. The molecule has 1 saturated heterocycles.